The van der Waals surface area contributed by atoms with E-state index in [-0.39, 0.29) is 5.41 Å². The van der Waals surface area contributed by atoms with Gasteiger partial charge in [-0.05, 0) is 16.8 Å². The van der Waals surface area contributed by atoms with E-state index in [1.54, 1.807) is 4.68 Å². The minimum Gasteiger partial charge on any atom is -0.380 e. The van der Waals surface area contributed by atoms with Crippen LogP contribution in [0.1, 0.15) is 12.2 Å². The predicted molar refractivity (Wildman–Crippen MR) is 45.0 cm³/mol. The fourth-order valence-electron chi connectivity index (χ4n) is 1.71. The summed E-state index contributed by atoms with van der Waals surface area (Å²) in [6.07, 6.45) is 0.901. The van der Waals surface area contributed by atoms with Crippen molar-refractivity contribution in [1.29, 1.82) is 0 Å². The summed E-state index contributed by atoms with van der Waals surface area (Å²) in [5.74, 6) is 0.826. The van der Waals surface area contributed by atoms with Gasteiger partial charge in [0.05, 0.1) is 12.0 Å². The molecule has 1 fully saturated rings. The Labute approximate surface area is 76.1 Å². The largest absolute Gasteiger partial charge is 0.380 e. The molecule has 6 heteroatoms. The Bertz CT molecular complexity index is 291. The number of aryl methyl sites for hydroxylation is 1. The second-order valence-electron chi connectivity index (χ2n) is 3.41. The Morgan fingerprint density at radius 1 is 1.69 bits per heavy atom. The van der Waals surface area contributed by atoms with E-state index >= 15 is 0 Å². The van der Waals surface area contributed by atoms with Gasteiger partial charge in [0.2, 0.25) is 0 Å². The smallest absolute Gasteiger partial charge is 0.160 e. The molecule has 1 aromatic heterocycles. The van der Waals surface area contributed by atoms with E-state index in [4.69, 9.17) is 10.5 Å². The van der Waals surface area contributed by atoms with Gasteiger partial charge >= 0.3 is 0 Å². The molecule has 1 aromatic rings. The highest BCUT2D eigenvalue weighted by Gasteiger charge is 2.39. The lowest BCUT2D eigenvalue weighted by Crippen LogP contribution is -2.38. The van der Waals surface area contributed by atoms with Crippen LogP contribution in [-0.4, -0.2) is 40.0 Å². The fraction of sp³-hybridized carbons (Fsp3) is 0.857. The lowest BCUT2D eigenvalue weighted by atomic mass is 9.86. The average Bonchev–Trinajstić information content (AvgIpc) is 2.73. The van der Waals surface area contributed by atoms with Gasteiger partial charge in [-0.15, -0.1) is 5.10 Å². The Hall–Kier alpha value is -1.01. The molecular formula is C7H13N5O. The number of hydrogen-bond acceptors (Lipinski definition) is 5. The highest BCUT2D eigenvalue weighted by atomic mass is 16.5. The number of rotatable bonds is 2. The molecule has 0 bridgehead atoms. The number of nitrogens with two attached hydrogens (primary N) is 1. The van der Waals surface area contributed by atoms with E-state index in [0.29, 0.717) is 13.2 Å². The summed E-state index contributed by atoms with van der Waals surface area (Å²) in [6, 6.07) is 0. The van der Waals surface area contributed by atoms with Gasteiger partial charge in [0.15, 0.2) is 5.82 Å². The third kappa shape index (κ3) is 1.22. The second-order valence-corrected chi connectivity index (χ2v) is 3.41. The van der Waals surface area contributed by atoms with Crippen molar-refractivity contribution in [1.82, 2.24) is 20.2 Å². The number of ether oxygens (including phenoxy) is 1. The predicted octanol–water partition coefficient (Wildman–Crippen LogP) is -1.17. The van der Waals surface area contributed by atoms with Crippen LogP contribution in [0.5, 0.6) is 0 Å². The zero-order valence-corrected chi connectivity index (χ0v) is 7.60. The lowest BCUT2D eigenvalue weighted by molar-refractivity contribution is 0.175. The van der Waals surface area contributed by atoms with Gasteiger partial charge in [-0.2, -0.15) is 0 Å². The first kappa shape index (κ1) is 8.58. The summed E-state index contributed by atoms with van der Waals surface area (Å²) in [5, 5.41) is 11.4. The molecule has 13 heavy (non-hydrogen) atoms. The molecule has 72 valence electrons. The number of nitrogens with zero attached hydrogens (tertiary/aromatic N) is 4. The summed E-state index contributed by atoms with van der Waals surface area (Å²) >= 11 is 0. The van der Waals surface area contributed by atoms with E-state index in [0.717, 1.165) is 18.9 Å². The van der Waals surface area contributed by atoms with Crippen molar-refractivity contribution >= 4 is 0 Å². The molecular weight excluding hydrogens is 170 g/mol. The van der Waals surface area contributed by atoms with E-state index in [9.17, 15) is 0 Å². The normalized spacial score (nSPS) is 28.2. The third-order valence-electron chi connectivity index (χ3n) is 2.59. The van der Waals surface area contributed by atoms with E-state index < -0.39 is 0 Å². The molecule has 1 aliphatic rings. The summed E-state index contributed by atoms with van der Waals surface area (Å²) in [7, 11) is 1.82. The molecule has 0 amide bonds. The third-order valence-corrected chi connectivity index (χ3v) is 2.59. The van der Waals surface area contributed by atoms with Gasteiger partial charge in [-0.25, -0.2) is 4.68 Å². The maximum Gasteiger partial charge on any atom is 0.160 e. The molecule has 2 heterocycles. The van der Waals surface area contributed by atoms with Crippen LogP contribution in [0, 0.1) is 0 Å². The highest BCUT2D eigenvalue weighted by molar-refractivity contribution is 5.09. The molecule has 0 radical (unpaired) electrons. The Kier molecular flexibility index (Phi) is 2.01. The van der Waals surface area contributed by atoms with Gasteiger partial charge in [-0.1, -0.05) is 0 Å². The molecule has 1 saturated heterocycles. The summed E-state index contributed by atoms with van der Waals surface area (Å²) in [4.78, 5) is 0. The van der Waals surface area contributed by atoms with Crippen LogP contribution >= 0.6 is 0 Å². The van der Waals surface area contributed by atoms with Gasteiger partial charge in [0, 0.05) is 20.2 Å². The topological polar surface area (TPSA) is 78.9 Å². The van der Waals surface area contributed by atoms with Crippen molar-refractivity contribution in [2.45, 2.75) is 11.8 Å². The quantitative estimate of drug-likeness (QED) is 0.624. The monoisotopic (exact) mass is 183 g/mol. The van der Waals surface area contributed by atoms with Crippen LogP contribution in [0.15, 0.2) is 0 Å². The second kappa shape index (κ2) is 3.04. The molecule has 1 unspecified atom stereocenters. The van der Waals surface area contributed by atoms with Crippen LogP contribution in [-0.2, 0) is 17.2 Å². The standard InChI is InChI=1S/C7H13N5O/c1-12-6(9-10-11-12)7(4-8)2-3-13-5-7/h2-5,8H2,1H3. The Balaban J connectivity index is 2.36. The van der Waals surface area contributed by atoms with Crippen molar-refractivity contribution in [2.75, 3.05) is 19.8 Å². The zero-order chi connectivity index (χ0) is 9.31. The minimum atomic E-state index is -0.168. The number of hydrogen-bond donors (Lipinski definition) is 1. The minimum absolute atomic E-state index is 0.168. The van der Waals surface area contributed by atoms with E-state index in [1.807, 2.05) is 7.05 Å². The number of aromatic nitrogens is 4. The van der Waals surface area contributed by atoms with Crippen molar-refractivity contribution < 1.29 is 4.74 Å². The van der Waals surface area contributed by atoms with E-state index in [1.165, 1.54) is 0 Å². The number of tetrazole rings is 1. The SMILES string of the molecule is Cn1nnnc1C1(CN)CCOC1. The first-order valence-electron chi connectivity index (χ1n) is 4.29. The first-order valence-corrected chi connectivity index (χ1v) is 4.29. The van der Waals surface area contributed by atoms with Gasteiger partial charge in [0.25, 0.3) is 0 Å². The molecule has 0 aromatic carbocycles. The Morgan fingerprint density at radius 3 is 3.00 bits per heavy atom. The van der Waals surface area contributed by atoms with Crippen molar-refractivity contribution in [3.05, 3.63) is 5.82 Å². The van der Waals surface area contributed by atoms with Gasteiger partial charge in [-0.3, -0.25) is 0 Å². The fourth-order valence-corrected chi connectivity index (χ4v) is 1.71. The van der Waals surface area contributed by atoms with Crippen molar-refractivity contribution in [3.63, 3.8) is 0 Å². The van der Waals surface area contributed by atoms with Crippen LogP contribution in [0.3, 0.4) is 0 Å². The summed E-state index contributed by atoms with van der Waals surface area (Å²) in [5.41, 5.74) is 5.57. The molecule has 1 aliphatic heterocycles. The summed E-state index contributed by atoms with van der Waals surface area (Å²) < 4.78 is 7.01. The highest BCUT2D eigenvalue weighted by Crippen LogP contribution is 2.29. The Morgan fingerprint density at radius 2 is 2.54 bits per heavy atom. The molecule has 2 N–H and O–H groups in total. The van der Waals surface area contributed by atoms with Crippen LogP contribution in [0.2, 0.25) is 0 Å². The zero-order valence-electron chi connectivity index (χ0n) is 7.60. The van der Waals surface area contributed by atoms with Crippen molar-refractivity contribution in [3.8, 4) is 0 Å². The van der Waals surface area contributed by atoms with Crippen LogP contribution < -0.4 is 5.73 Å². The molecule has 2 rings (SSSR count). The maximum absolute atomic E-state index is 5.74. The van der Waals surface area contributed by atoms with Gasteiger partial charge < -0.3 is 10.5 Å². The maximum atomic E-state index is 5.74. The lowest BCUT2D eigenvalue weighted by Gasteiger charge is -2.22. The molecule has 0 saturated carbocycles. The summed E-state index contributed by atoms with van der Waals surface area (Å²) in [6.45, 7) is 1.89. The first-order chi connectivity index (χ1) is 6.28. The average molecular weight is 183 g/mol. The molecule has 1 atom stereocenters. The van der Waals surface area contributed by atoms with Crippen LogP contribution in [0.4, 0.5) is 0 Å². The molecule has 0 aliphatic carbocycles. The van der Waals surface area contributed by atoms with Crippen molar-refractivity contribution in [2.24, 2.45) is 12.8 Å². The van der Waals surface area contributed by atoms with E-state index in [2.05, 4.69) is 15.5 Å². The van der Waals surface area contributed by atoms with Gasteiger partial charge in [0.1, 0.15) is 0 Å². The van der Waals surface area contributed by atoms with Crippen LogP contribution in [0.25, 0.3) is 0 Å². The molecule has 6 nitrogen and oxygen atoms in total. The molecule has 0 spiro atoms.